The Balaban J connectivity index is 1.78. The van der Waals surface area contributed by atoms with Crippen LogP contribution in [0, 0.1) is 20.8 Å². The number of nitrogens with one attached hydrogen (secondary N) is 1. The van der Waals surface area contributed by atoms with Gasteiger partial charge in [-0.25, -0.2) is 15.0 Å². The zero-order valence-corrected chi connectivity index (χ0v) is 14.6. The van der Waals surface area contributed by atoms with E-state index in [9.17, 15) is 4.79 Å². The Morgan fingerprint density at radius 1 is 1.22 bits per heavy atom. The molecule has 0 spiro atoms. The summed E-state index contributed by atoms with van der Waals surface area (Å²) in [7, 11) is 0. The summed E-state index contributed by atoms with van der Waals surface area (Å²) in [6.45, 7) is 5.85. The van der Waals surface area contributed by atoms with Gasteiger partial charge in [0.2, 0.25) is 5.89 Å². The summed E-state index contributed by atoms with van der Waals surface area (Å²) in [5, 5.41) is 3.58. The zero-order chi connectivity index (χ0) is 16.6. The molecule has 2 aromatic heterocycles. The number of carbonyl (C=O) groups excluding carboxylic acids is 1. The van der Waals surface area contributed by atoms with Crippen molar-refractivity contribution in [3.05, 3.63) is 34.4 Å². The second-order valence-corrected chi connectivity index (χ2v) is 6.55. The third-order valence-electron chi connectivity index (χ3n) is 3.91. The van der Waals surface area contributed by atoms with Crippen LogP contribution in [0.4, 0.5) is 0 Å². The lowest BCUT2D eigenvalue weighted by Gasteiger charge is -2.11. The van der Waals surface area contributed by atoms with Crippen LogP contribution in [0.25, 0.3) is 0 Å². The van der Waals surface area contributed by atoms with E-state index in [2.05, 4.69) is 20.3 Å². The zero-order valence-electron chi connectivity index (χ0n) is 13.8. The molecule has 6 nitrogen and oxygen atoms in total. The number of carbonyl (C=O) groups is 1. The fourth-order valence-electron chi connectivity index (χ4n) is 2.36. The van der Waals surface area contributed by atoms with E-state index in [1.165, 1.54) is 11.8 Å². The maximum absolute atomic E-state index is 12.5. The van der Waals surface area contributed by atoms with Crippen LogP contribution in [0.3, 0.4) is 0 Å². The van der Waals surface area contributed by atoms with Crippen molar-refractivity contribution in [1.82, 2.24) is 20.3 Å². The highest BCUT2D eigenvalue weighted by Crippen LogP contribution is 2.39. The molecule has 2 aromatic rings. The number of aryl methyl sites for hydroxylation is 3. The summed E-state index contributed by atoms with van der Waals surface area (Å²) >= 11 is 1.47. The average molecular weight is 332 g/mol. The van der Waals surface area contributed by atoms with Gasteiger partial charge in [-0.3, -0.25) is 4.79 Å². The van der Waals surface area contributed by atoms with Crippen molar-refractivity contribution in [1.29, 1.82) is 0 Å². The van der Waals surface area contributed by atoms with Crippen molar-refractivity contribution in [3.63, 3.8) is 0 Å². The van der Waals surface area contributed by atoms with Crippen molar-refractivity contribution >= 4 is 17.7 Å². The molecule has 0 unspecified atom stereocenters. The number of hydrogen-bond donors (Lipinski definition) is 1. The van der Waals surface area contributed by atoms with Gasteiger partial charge in [0.1, 0.15) is 16.6 Å². The van der Waals surface area contributed by atoms with Crippen molar-refractivity contribution in [3.8, 4) is 0 Å². The number of nitrogens with zero attached hydrogens (tertiary/aromatic N) is 3. The molecule has 1 amide bonds. The molecule has 0 radical (unpaired) electrons. The number of hydrogen-bond acceptors (Lipinski definition) is 6. The molecule has 1 aliphatic rings. The standard InChI is InChI=1S/C16H20N4O2S/c1-8-10(3)22-12(18-8)7-17-15(21)13-9(2)19-14(11-5-6-11)20-16(13)23-4/h11H,5-7H2,1-4H3,(H,17,21). The fourth-order valence-corrected chi connectivity index (χ4v) is 2.99. The molecular weight excluding hydrogens is 312 g/mol. The van der Waals surface area contributed by atoms with E-state index in [-0.39, 0.29) is 12.5 Å². The summed E-state index contributed by atoms with van der Waals surface area (Å²) in [6, 6.07) is 0. The highest BCUT2D eigenvalue weighted by atomic mass is 32.2. The van der Waals surface area contributed by atoms with E-state index in [1.807, 2.05) is 27.0 Å². The molecule has 0 saturated heterocycles. The van der Waals surface area contributed by atoms with Crippen LogP contribution in [0.15, 0.2) is 9.44 Å². The van der Waals surface area contributed by atoms with Crippen molar-refractivity contribution in [2.75, 3.05) is 6.26 Å². The van der Waals surface area contributed by atoms with Gasteiger partial charge in [-0.2, -0.15) is 0 Å². The van der Waals surface area contributed by atoms with Crippen LogP contribution in [0.1, 0.15) is 58.0 Å². The smallest absolute Gasteiger partial charge is 0.256 e. The average Bonchev–Trinajstić information content (AvgIpc) is 3.31. The van der Waals surface area contributed by atoms with Gasteiger partial charge in [0.15, 0.2) is 0 Å². The van der Waals surface area contributed by atoms with Gasteiger partial charge in [0.25, 0.3) is 5.91 Å². The molecular formula is C16H20N4O2S. The quantitative estimate of drug-likeness (QED) is 0.670. The first-order valence-corrected chi connectivity index (χ1v) is 8.85. The van der Waals surface area contributed by atoms with Crippen LogP contribution in [-0.4, -0.2) is 27.1 Å². The lowest BCUT2D eigenvalue weighted by Crippen LogP contribution is -2.25. The lowest BCUT2D eigenvalue weighted by atomic mass is 10.2. The molecule has 1 aliphatic carbocycles. The largest absolute Gasteiger partial charge is 0.444 e. The fraction of sp³-hybridized carbons (Fsp3) is 0.500. The van der Waals surface area contributed by atoms with E-state index >= 15 is 0 Å². The van der Waals surface area contributed by atoms with Crippen LogP contribution < -0.4 is 5.32 Å². The van der Waals surface area contributed by atoms with E-state index in [0.717, 1.165) is 40.8 Å². The predicted molar refractivity (Wildman–Crippen MR) is 87.7 cm³/mol. The Morgan fingerprint density at radius 2 is 1.96 bits per heavy atom. The minimum absolute atomic E-state index is 0.192. The number of oxazole rings is 1. The summed E-state index contributed by atoms with van der Waals surface area (Å²) < 4.78 is 5.48. The molecule has 122 valence electrons. The van der Waals surface area contributed by atoms with Crippen LogP contribution in [-0.2, 0) is 6.54 Å². The number of aromatic nitrogens is 3. The van der Waals surface area contributed by atoms with E-state index in [0.29, 0.717) is 17.4 Å². The van der Waals surface area contributed by atoms with Crippen molar-refractivity contribution in [2.24, 2.45) is 0 Å². The molecule has 3 rings (SSSR count). The second-order valence-electron chi connectivity index (χ2n) is 5.76. The highest BCUT2D eigenvalue weighted by molar-refractivity contribution is 7.98. The first-order valence-electron chi connectivity index (χ1n) is 7.63. The molecule has 2 heterocycles. The Hall–Kier alpha value is -1.89. The maximum atomic E-state index is 12.5. The Kier molecular flexibility index (Phi) is 4.39. The highest BCUT2D eigenvalue weighted by Gasteiger charge is 2.29. The van der Waals surface area contributed by atoms with Crippen LogP contribution >= 0.6 is 11.8 Å². The Morgan fingerprint density at radius 3 is 2.52 bits per heavy atom. The molecule has 0 bridgehead atoms. The van der Waals surface area contributed by atoms with E-state index in [1.54, 1.807) is 0 Å². The van der Waals surface area contributed by atoms with Gasteiger partial charge in [-0.1, -0.05) is 0 Å². The van der Waals surface area contributed by atoms with Gasteiger partial charge in [-0.05, 0) is 39.9 Å². The number of amides is 1. The van der Waals surface area contributed by atoms with E-state index in [4.69, 9.17) is 4.42 Å². The van der Waals surface area contributed by atoms with E-state index < -0.39 is 0 Å². The minimum Gasteiger partial charge on any atom is -0.444 e. The summed E-state index contributed by atoms with van der Waals surface area (Å²) in [5.74, 6) is 2.42. The third-order valence-corrected chi connectivity index (χ3v) is 4.59. The predicted octanol–water partition coefficient (Wildman–Crippen LogP) is 2.92. The molecule has 0 aliphatic heterocycles. The van der Waals surface area contributed by atoms with Gasteiger partial charge in [-0.15, -0.1) is 11.8 Å². The number of thioether (sulfide) groups is 1. The van der Waals surface area contributed by atoms with Gasteiger partial charge >= 0.3 is 0 Å². The molecule has 0 atom stereocenters. The molecule has 0 aromatic carbocycles. The maximum Gasteiger partial charge on any atom is 0.256 e. The SMILES string of the molecule is CSc1nc(C2CC2)nc(C)c1C(=O)NCc1nc(C)c(C)o1. The molecule has 1 N–H and O–H groups in total. The van der Waals surface area contributed by atoms with Gasteiger partial charge < -0.3 is 9.73 Å². The minimum atomic E-state index is -0.192. The monoisotopic (exact) mass is 332 g/mol. The Labute approximate surface area is 139 Å². The van der Waals surface area contributed by atoms with Crippen LogP contribution in [0.5, 0.6) is 0 Å². The number of rotatable bonds is 5. The molecule has 23 heavy (non-hydrogen) atoms. The Bertz CT molecular complexity index is 733. The summed E-state index contributed by atoms with van der Waals surface area (Å²) in [5.41, 5.74) is 2.11. The third kappa shape index (κ3) is 3.39. The summed E-state index contributed by atoms with van der Waals surface area (Å²) in [4.78, 5) is 25.9. The second kappa shape index (κ2) is 6.31. The summed E-state index contributed by atoms with van der Waals surface area (Å²) in [6.07, 6.45) is 4.21. The molecule has 7 heteroatoms. The lowest BCUT2D eigenvalue weighted by molar-refractivity contribution is 0.0942. The molecule has 1 fully saturated rings. The first-order chi connectivity index (χ1) is 11.0. The van der Waals surface area contributed by atoms with Crippen LogP contribution in [0.2, 0.25) is 0 Å². The topological polar surface area (TPSA) is 80.9 Å². The van der Waals surface area contributed by atoms with Crippen molar-refractivity contribution < 1.29 is 9.21 Å². The van der Waals surface area contributed by atoms with Gasteiger partial charge in [0, 0.05) is 5.92 Å². The van der Waals surface area contributed by atoms with Gasteiger partial charge in [0.05, 0.1) is 23.5 Å². The molecule has 1 saturated carbocycles. The normalized spacial score (nSPS) is 14.1. The van der Waals surface area contributed by atoms with Crippen molar-refractivity contribution in [2.45, 2.75) is 51.1 Å². The first kappa shape index (κ1) is 16.0.